The SMILES string of the molecule is C=CCNC(=O)[C@H](C)Sc1nc2sc3c(c2c(=O)n1CC=C)CCC3. The maximum Gasteiger partial charge on any atom is 0.263 e. The summed E-state index contributed by atoms with van der Waals surface area (Å²) < 4.78 is 1.63. The highest BCUT2D eigenvalue weighted by molar-refractivity contribution is 8.00. The number of fused-ring (bicyclic) bond motifs is 3. The second kappa shape index (κ2) is 7.58. The minimum Gasteiger partial charge on any atom is -0.352 e. The van der Waals surface area contributed by atoms with E-state index < -0.39 is 0 Å². The number of nitrogens with one attached hydrogen (secondary N) is 1. The van der Waals surface area contributed by atoms with Crippen molar-refractivity contribution in [3.8, 4) is 0 Å². The van der Waals surface area contributed by atoms with Crippen molar-refractivity contribution in [2.75, 3.05) is 6.54 Å². The van der Waals surface area contributed by atoms with Gasteiger partial charge in [0, 0.05) is 18.0 Å². The molecule has 3 rings (SSSR count). The van der Waals surface area contributed by atoms with Gasteiger partial charge >= 0.3 is 0 Å². The van der Waals surface area contributed by atoms with Crippen LogP contribution in [0.25, 0.3) is 10.2 Å². The molecule has 5 nitrogen and oxygen atoms in total. The second-order valence-electron chi connectivity index (χ2n) is 5.93. The Bertz CT molecular complexity index is 898. The molecule has 0 radical (unpaired) electrons. The molecule has 132 valence electrons. The number of allylic oxidation sites excluding steroid dienone is 1. The molecule has 1 N–H and O–H groups in total. The number of aryl methyl sites for hydroxylation is 2. The maximum atomic E-state index is 13.0. The van der Waals surface area contributed by atoms with Crippen molar-refractivity contribution in [3.63, 3.8) is 0 Å². The number of nitrogens with zero attached hydrogens (tertiary/aromatic N) is 2. The van der Waals surface area contributed by atoms with E-state index >= 15 is 0 Å². The summed E-state index contributed by atoms with van der Waals surface area (Å²) in [5, 5.41) is 3.75. The van der Waals surface area contributed by atoms with Crippen molar-refractivity contribution in [1.29, 1.82) is 0 Å². The van der Waals surface area contributed by atoms with E-state index in [-0.39, 0.29) is 16.7 Å². The minimum absolute atomic E-state index is 0.0227. The number of carbonyl (C=O) groups excluding carboxylic acids is 1. The van der Waals surface area contributed by atoms with Gasteiger partial charge in [-0.1, -0.05) is 23.9 Å². The van der Waals surface area contributed by atoms with Crippen LogP contribution >= 0.6 is 23.1 Å². The Labute approximate surface area is 154 Å². The minimum atomic E-state index is -0.354. The van der Waals surface area contributed by atoms with E-state index in [0.29, 0.717) is 18.2 Å². The average Bonchev–Trinajstić information content (AvgIpc) is 3.16. The van der Waals surface area contributed by atoms with Gasteiger partial charge in [0.05, 0.1) is 10.6 Å². The molecular formula is C18H21N3O2S2. The van der Waals surface area contributed by atoms with Crippen molar-refractivity contribution in [1.82, 2.24) is 14.9 Å². The lowest BCUT2D eigenvalue weighted by Crippen LogP contribution is -2.32. The van der Waals surface area contributed by atoms with Crippen LogP contribution in [0.15, 0.2) is 35.3 Å². The molecule has 0 saturated heterocycles. The summed E-state index contributed by atoms with van der Waals surface area (Å²) in [5.41, 5.74) is 1.15. The monoisotopic (exact) mass is 375 g/mol. The second-order valence-corrected chi connectivity index (χ2v) is 8.32. The van der Waals surface area contributed by atoms with E-state index in [1.54, 1.807) is 28.1 Å². The lowest BCUT2D eigenvalue weighted by Gasteiger charge is -2.14. The summed E-state index contributed by atoms with van der Waals surface area (Å²) in [7, 11) is 0. The van der Waals surface area contributed by atoms with E-state index in [0.717, 1.165) is 29.5 Å². The zero-order chi connectivity index (χ0) is 18.0. The van der Waals surface area contributed by atoms with Crippen LogP contribution in [0.1, 0.15) is 23.8 Å². The van der Waals surface area contributed by atoms with Crippen LogP contribution in [0.4, 0.5) is 0 Å². The van der Waals surface area contributed by atoms with Gasteiger partial charge in [-0.3, -0.25) is 14.2 Å². The Hall–Kier alpha value is -1.86. The quantitative estimate of drug-likeness (QED) is 0.459. The summed E-state index contributed by atoms with van der Waals surface area (Å²) in [6.07, 6.45) is 6.41. The Kier molecular flexibility index (Phi) is 5.44. The molecule has 0 unspecified atom stereocenters. The molecule has 1 aliphatic carbocycles. The van der Waals surface area contributed by atoms with E-state index in [2.05, 4.69) is 18.5 Å². The Morgan fingerprint density at radius 2 is 2.24 bits per heavy atom. The first-order chi connectivity index (χ1) is 12.1. The molecule has 2 aromatic rings. The Morgan fingerprint density at radius 1 is 1.44 bits per heavy atom. The van der Waals surface area contributed by atoms with Gasteiger partial charge < -0.3 is 5.32 Å². The lowest BCUT2D eigenvalue weighted by molar-refractivity contribution is -0.120. The third kappa shape index (κ3) is 3.43. The normalized spacial score (nSPS) is 14.3. The fourth-order valence-corrected chi connectivity index (χ4v) is 5.21. The molecule has 0 bridgehead atoms. The van der Waals surface area contributed by atoms with Crippen molar-refractivity contribution < 1.29 is 4.79 Å². The average molecular weight is 376 g/mol. The van der Waals surface area contributed by atoms with Crippen molar-refractivity contribution in [2.24, 2.45) is 0 Å². The highest BCUT2D eigenvalue weighted by atomic mass is 32.2. The van der Waals surface area contributed by atoms with Crippen LogP contribution < -0.4 is 10.9 Å². The van der Waals surface area contributed by atoms with Gasteiger partial charge in [-0.25, -0.2) is 4.98 Å². The van der Waals surface area contributed by atoms with Crippen LogP contribution in [-0.4, -0.2) is 27.3 Å². The molecule has 1 amide bonds. The van der Waals surface area contributed by atoms with Gasteiger partial charge in [-0.15, -0.1) is 24.5 Å². The largest absolute Gasteiger partial charge is 0.352 e. The number of thiophene rings is 1. The summed E-state index contributed by atoms with van der Waals surface area (Å²) in [4.78, 5) is 31.9. The zero-order valence-electron chi connectivity index (χ0n) is 14.2. The summed E-state index contributed by atoms with van der Waals surface area (Å²) in [5.74, 6) is -0.0990. The molecule has 1 atom stereocenters. The third-order valence-electron chi connectivity index (χ3n) is 4.17. The van der Waals surface area contributed by atoms with Gasteiger partial charge in [0.2, 0.25) is 5.91 Å². The van der Waals surface area contributed by atoms with Crippen LogP contribution in [0, 0.1) is 0 Å². The first kappa shape index (κ1) is 17.9. The number of amides is 1. The number of hydrogen-bond donors (Lipinski definition) is 1. The predicted molar refractivity (Wildman–Crippen MR) is 105 cm³/mol. The van der Waals surface area contributed by atoms with Crippen molar-refractivity contribution in [2.45, 2.75) is 43.1 Å². The van der Waals surface area contributed by atoms with Crippen molar-refractivity contribution in [3.05, 3.63) is 46.1 Å². The highest BCUT2D eigenvalue weighted by Crippen LogP contribution is 2.36. The van der Waals surface area contributed by atoms with E-state index in [1.165, 1.54) is 22.2 Å². The fraction of sp³-hybridized carbons (Fsp3) is 0.389. The molecule has 2 heterocycles. The van der Waals surface area contributed by atoms with Crippen molar-refractivity contribution >= 4 is 39.2 Å². The highest BCUT2D eigenvalue weighted by Gasteiger charge is 2.24. The summed E-state index contributed by atoms with van der Waals surface area (Å²) >= 11 is 2.92. The molecule has 0 fully saturated rings. The smallest absolute Gasteiger partial charge is 0.263 e. The molecule has 25 heavy (non-hydrogen) atoms. The number of carbonyl (C=O) groups is 1. The lowest BCUT2D eigenvalue weighted by atomic mass is 10.2. The van der Waals surface area contributed by atoms with Crippen LogP contribution in [0.2, 0.25) is 0 Å². The van der Waals surface area contributed by atoms with E-state index in [4.69, 9.17) is 4.98 Å². The Balaban J connectivity index is 2.01. The van der Waals surface area contributed by atoms with Crippen LogP contribution in [0.5, 0.6) is 0 Å². The third-order valence-corrected chi connectivity index (χ3v) is 6.45. The van der Waals surface area contributed by atoms with E-state index in [9.17, 15) is 9.59 Å². The van der Waals surface area contributed by atoms with Crippen LogP contribution in [0.3, 0.4) is 0 Å². The molecule has 0 spiro atoms. The summed E-state index contributed by atoms with van der Waals surface area (Å²) in [6, 6.07) is 0. The zero-order valence-corrected chi connectivity index (χ0v) is 15.8. The molecule has 1 aliphatic rings. The number of thioether (sulfide) groups is 1. The van der Waals surface area contributed by atoms with Gasteiger partial charge in [0.15, 0.2) is 5.16 Å². The molecule has 0 aromatic carbocycles. The number of hydrogen-bond acceptors (Lipinski definition) is 5. The molecule has 0 aliphatic heterocycles. The molecular weight excluding hydrogens is 354 g/mol. The van der Waals surface area contributed by atoms with Gasteiger partial charge in [-0.2, -0.15) is 0 Å². The fourth-order valence-electron chi connectivity index (χ4n) is 2.97. The predicted octanol–water partition coefficient (Wildman–Crippen LogP) is 2.92. The first-order valence-electron chi connectivity index (χ1n) is 8.28. The molecule has 7 heteroatoms. The molecule has 2 aromatic heterocycles. The maximum absolute atomic E-state index is 13.0. The first-order valence-corrected chi connectivity index (χ1v) is 9.97. The van der Waals surface area contributed by atoms with E-state index in [1.807, 2.05) is 6.92 Å². The Morgan fingerprint density at radius 3 is 2.96 bits per heavy atom. The van der Waals surface area contributed by atoms with Crippen LogP contribution in [-0.2, 0) is 24.2 Å². The van der Waals surface area contributed by atoms with Gasteiger partial charge in [0.25, 0.3) is 5.56 Å². The molecule has 0 saturated carbocycles. The van der Waals surface area contributed by atoms with Gasteiger partial charge in [-0.05, 0) is 31.7 Å². The number of rotatable bonds is 7. The van der Waals surface area contributed by atoms with Gasteiger partial charge in [0.1, 0.15) is 4.83 Å². The number of aromatic nitrogens is 2. The summed E-state index contributed by atoms with van der Waals surface area (Å²) in [6.45, 7) is 9.96. The standard InChI is InChI=1S/C18H21N3O2S2/c1-4-9-19-15(22)11(3)24-18-20-16-14(17(23)21(18)10-5-2)12-7-6-8-13(12)25-16/h4-5,11H,1-2,6-10H2,3H3,(H,19,22)/t11-/m0/s1. The topological polar surface area (TPSA) is 64.0 Å².